The van der Waals surface area contributed by atoms with E-state index in [0.29, 0.717) is 0 Å². The molecule has 0 aliphatic heterocycles. The Balaban J connectivity index is 0. The van der Waals surface area contributed by atoms with Gasteiger partial charge in [0.25, 0.3) is 6.20 Å². The molecule has 1 atom stereocenters. The van der Waals surface area contributed by atoms with Gasteiger partial charge in [0.1, 0.15) is 0 Å². The molecule has 0 aliphatic carbocycles. The van der Waals surface area contributed by atoms with Gasteiger partial charge in [-0.1, -0.05) is 11.1 Å². The van der Waals surface area contributed by atoms with E-state index in [-0.39, 0.29) is 0 Å². The van der Waals surface area contributed by atoms with Crippen LogP contribution in [0.5, 0.6) is 0 Å². The molecule has 0 aromatic rings. The predicted octanol–water partition coefficient (Wildman–Crippen LogP) is 1.32. The fourth-order valence-corrected chi connectivity index (χ4v) is 0. The summed E-state index contributed by atoms with van der Waals surface area (Å²) in [6.45, 7) is 1.81. The lowest BCUT2D eigenvalue weighted by atomic mass is 11.9. The highest BCUT2D eigenvalue weighted by Crippen LogP contribution is 2.19. The van der Waals surface area contributed by atoms with Gasteiger partial charge in [-0.2, -0.15) is 0 Å². The van der Waals surface area contributed by atoms with Gasteiger partial charge in [-0.25, -0.2) is 0 Å². The van der Waals surface area contributed by atoms with Crippen LogP contribution in [0.4, 0.5) is 0 Å². The van der Waals surface area contributed by atoms with Crippen molar-refractivity contribution in [2.75, 3.05) is 0 Å². The smallest absolute Gasteiger partial charge is 0.274 e. The molecule has 0 fully saturated rings. The minimum atomic E-state index is -1.59. The fraction of sp³-hybridized carbons (Fsp3) is 1.00. The minimum Gasteiger partial charge on any atom is -0.432 e. The summed E-state index contributed by atoms with van der Waals surface area (Å²) >= 11 is 7.28. The predicted molar refractivity (Wildman–Crippen MR) is 35.6 cm³/mol. The van der Waals surface area contributed by atoms with Crippen molar-refractivity contribution in [2.24, 2.45) is 0 Å². The molecule has 0 N–H and O–H groups in total. The fourth-order valence-electron chi connectivity index (χ4n) is 0. The number of hydrogen-bond acceptors (Lipinski definition) is 2. The molecule has 5 heteroatoms. The standard InChI is InChI=1S/CH3Si.HOPS2/c1-2;1-2(3)4/h1H3;(H,1,3,4). The van der Waals surface area contributed by atoms with Crippen LogP contribution in [0, 0.1) is 0 Å². The Morgan fingerprint density at radius 2 is 1.83 bits per heavy atom. The topological polar surface area (TPSA) is 17.1 Å². The van der Waals surface area contributed by atoms with Crippen molar-refractivity contribution in [1.82, 2.24) is 0 Å². The Bertz CT molecular complexity index is 36.5. The summed E-state index contributed by atoms with van der Waals surface area (Å²) in [7, 11) is 2.97. The Kier molecular flexibility index (Phi) is 15.8. The van der Waals surface area contributed by atoms with Crippen LogP contribution in [0.25, 0.3) is 0 Å². The van der Waals surface area contributed by atoms with Crippen molar-refractivity contribution in [3.05, 3.63) is 0 Å². The molecule has 0 aromatic carbocycles. The summed E-state index contributed by atoms with van der Waals surface area (Å²) in [5.41, 5.74) is 0. The monoisotopic (exact) mass is 155 g/mol. The highest BCUT2D eigenvalue weighted by Gasteiger charge is 1.67. The molecule has 0 rings (SSSR count). The summed E-state index contributed by atoms with van der Waals surface area (Å²) in [4.78, 5) is 0. The van der Waals surface area contributed by atoms with Crippen molar-refractivity contribution < 1.29 is 4.57 Å². The Labute approximate surface area is 52.4 Å². The third-order valence-electron chi connectivity index (χ3n) is 0. The maximum absolute atomic E-state index is 9.27. The van der Waals surface area contributed by atoms with E-state index >= 15 is 0 Å². The average molecular weight is 155 g/mol. The van der Waals surface area contributed by atoms with Crippen molar-refractivity contribution in [3.63, 3.8) is 0 Å². The number of thiol groups is 1. The van der Waals surface area contributed by atoms with Crippen molar-refractivity contribution in [2.45, 2.75) is 6.55 Å². The molecule has 0 heterocycles. The van der Waals surface area contributed by atoms with Gasteiger partial charge in [0, 0.05) is 10.2 Å². The third-order valence-corrected chi connectivity index (χ3v) is 0. The lowest BCUT2D eigenvalue weighted by Crippen LogP contribution is -1.13. The zero-order valence-corrected chi connectivity index (χ0v) is 6.82. The first-order valence-corrected chi connectivity index (χ1v) is 5.49. The van der Waals surface area contributed by atoms with Gasteiger partial charge < -0.3 is 12.2 Å². The molecule has 1 nitrogen and oxygen atoms in total. The lowest BCUT2D eigenvalue weighted by molar-refractivity contribution is 0.604. The molecule has 1 unspecified atom stereocenters. The van der Waals surface area contributed by atoms with Crippen LogP contribution in [0.2, 0.25) is 6.55 Å². The van der Waals surface area contributed by atoms with Gasteiger partial charge in [-0.05, 0) is 0 Å². The molecule has 6 heavy (non-hydrogen) atoms. The largest absolute Gasteiger partial charge is 0.432 e. The molecule has 0 spiro atoms. The molecule has 0 bridgehead atoms. The highest BCUT2D eigenvalue weighted by atomic mass is 33.0. The van der Waals surface area contributed by atoms with Gasteiger partial charge in [0.2, 0.25) is 0 Å². The molecule has 0 aliphatic rings. The highest BCUT2D eigenvalue weighted by molar-refractivity contribution is 8.67. The van der Waals surface area contributed by atoms with Crippen LogP contribution in [-0.4, -0.2) is 10.2 Å². The van der Waals surface area contributed by atoms with Crippen molar-refractivity contribution in [1.29, 1.82) is 0 Å². The van der Waals surface area contributed by atoms with E-state index in [1.807, 2.05) is 0 Å². The number of hydrogen-bond donors (Lipinski definition) is 1. The molecular formula is CH4OPS2Si. The van der Waals surface area contributed by atoms with Crippen LogP contribution >= 0.6 is 18.5 Å². The van der Waals surface area contributed by atoms with E-state index < -0.39 is 6.20 Å². The second kappa shape index (κ2) is 9.39. The minimum absolute atomic E-state index is 1.59. The normalized spacial score (nSPS) is 8.33. The lowest BCUT2D eigenvalue weighted by Gasteiger charge is -1.56. The summed E-state index contributed by atoms with van der Waals surface area (Å²) in [6, 6.07) is 0. The quantitative estimate of drug-likeness (QED) is 0.246. The van der Waals surface area contributed by atoms with E-state index in [9.17, 15) is 4.57 Å². The van der Waals surface area contributed by atoms with Crippen LogP contribution in [0.1, 0.15) is 0 Å². The van der Waals surface area contributed by atoms with Crippen molar-refractivity contribution >= 4 is 40.9 Å². The first-order chi connectivity index (χ1) is 2.73. The maximum Gasteiger partial charge on any atom is 0.274 e. The van der Waals surface area contributed by atoms with Gasteiger partial charge >= 0.3 is 0 Å². The molecule has 0 saturated carbocycles. The van der Waals surface area contributed by atoms with Crippen LogP contribution in [-0.2, 0) is 16.8 Å². The first-order valence-electron chi connectivity index (χ1n) is 1.07. The Hall–Kier alpha value is 1.02. The summed E-state index contributed by atoms with van der Waals surface area (Å²) in [6.07, 6.45) is -1.59. The summed E-state index contributed by atoms with van der Waals surface area (Å²) in [5.74, 6) is 0. The Morgan fingerprint density at radius 3 is 1.83 bits per heavy atom. The van der Waals surface area contributed by atoms with Gasteiger partial charge in [-0.15, -0.1) is 0 Å². The van der Waals surface area contributed by atoms with Crippen molar-refractivity contribution in [3.8, 4) is 0 Å². The maximum atomic E-state index is 9.27. The van der Waals surface area contributed by atoms with Gasteiger partial charge in [0.15, 0.2) is 0 Å². The van der Waals surface area contributed by atoms with E-state index in [1.54, 1.807) is 6.55 Å². The zero-order valence-electron chi connectivity index (χ0n) is 3.21. The van der Waals surface area contributed by atoms with E-state index in [4.69, 9.17) is 0 Å². The van der Waals surface area contributed by atoms with Crippen LogP contribution in [0.15, 0.2) is 0 Å². The van der Waals surface area contributed by atoms with E-state index in [0.717, 1.165) is 0 Å². The van der Waals surface area contributed by atoms with Gasteiger partial charge in [0.05, 0.1) is 12.2 Å². The number of rotatable bonds is 0. The van der Waals surface area contributed by atoms with E-state index in [1.165, 1.54) is 0 Å². The second-order valence-corrected chi connectivity index (χ2v) is 3.61. The van der Waals surface area contributed by atoms with E-state index in [2.05, 4.69) is 34.7 Å². The SMILES string of the molecule is C[Si].O=[P+]([S-])S. The van der Waals surface area contributed by atoms with Crippen LogP contribution in [0.3, 0.4) is 0 Å². The van der Waals surface area contributed by atoms with Crippen LogP contribution < -0.4 is 0 Å². The molecule has 0 saturated heterocycles. The molecule has 35 valence electrons. The summed E-state index contributed by atoms with van der Waals surface area (Å²) < 4.78 is 9.27. The summed E-state index contributed by atoms with van der Waals surface area (Å²) in [5, 5.41) is 0. The second-order valence-electron chi connectivity index (χ2n) is 0.238. The molecule has 0 aromatic heterocycles. The molecule has 3 radical (unpaired) electrons. The first kappa shape index (κ1) is 10.1. The zero-order chi connectivity index (χ0) is 5.58. The average Bonchev–Trinajstić information content (AvgIpc) is 1.41. The van der Waals surface area contributed by atoms with Gasteiger partial charge in [-0.3, -0.25) is 0 Å². The Morgan fingerprint density at radius 1 is 1.83 bits per heavy atom. The molecule has 0 amide bonds. The molecular weight excluding hydrogens is 151 g/mol. The third kappa shape index (κ3) is 78.3.